The van der Waals surface area contributed by atoms with Gasteiger partial charge in [0.2, 0.25) is 0 Å². The van der Waals surface area contributed by atoms with Crippen LogP contribution in [-0.2, 0) is 9.47 Å². The van der Waals surface area contributed by atoms with Crippen molar-refractivity contribution < 1.29 is 71.1 Å². The zero-order chi connectivity index (χ0) is 17.9. The molecule has 0 amide bonds. The number of fused-ring (bicyclic) bond motifs is 1. The summed E-state index contributed by atoms with van der Waals surface area (Å²) >= 11 is 5.51. The second-order valence-corrected chi connectivity index (χ2v) is 5.98. The molecule has 4 atom stereocenters. The summed E-state index contributed by atoms with van der Waals surface area (Å²) in [6, 6.07) is 7.90. The van der Waals surface area contributed by atoms with Crippen LogP contribution in [0, 0.1) is 19.0 Å². The third-order valence-corrected chi connectivity index (χ3v) is 4.43. The van der Waals surface area contributed by atoms with E-state index in [9.17, 15) is 10.2 Å². The second kappa shape index (κ2) is 12.0. The van der Waals surface area contributed by atoms with Crippen molar-refractivity contribution in [3.8, 4) is 0 Å². The minimum atomic E-state index is -1.25. The maximum atomic E-state index is 12.1. The number of rotatable bonds is 3. The van der Waals surface area contributed by atoms with E-state index in [1.54, 1.807) is 10.8 Å². The van der Waals surface area contributed by atoms with Gasteiger partial charge in [-0.15, -0.1) is 0 Å². The molecule has 0 aliphatic carbocycles. The number of pyridine rings is 1. The summed E-state index contributed by atoms with van der Waals surface area (Å²) in [5, 5.41) is 24.2. The first-order valence-electron chi connectivity index (χ1n) is 8.12. The molecule has 5 nitrogen and oxygen atoms in total. The van der Waals surface area contributed by atoms with Gasteiger partial charge in [0.15, 0.2) is 6.23 Å². The molecular weight excluding hydrogens is 377 g/mol. The maximum absolute atomic E-state index is 12.1. The van der Waals surface area contributed by atoms with Gasteiger partial charge in [-0.1, -0.05) is 55.9 Å². The van der Waals surface area contributed by atoms with Gasteiger partial charge in [-0.05, 0) is 18.4 Å². The third kappa shape index (κ3) is 5.44. The van der Waals surface area contributed by atoms with E-state index in [1.165, 1.54) is 7.11 Å². The van der Waals surface area contributed by atoms with Gasteiger partial charge in [0.1, 0.15) is 4.64 Å². The van der Waals surface area contributed by atoms with Crippen molar-refractivity contribution in [1.29, 1.82) is 0 Å². The molecule has 0 radical (unpaired) electrons. The molecule has 0 spiro atoms. The second-order valence-electron chi connectivity index (χ2n) is 5.59. The van der Waals surface area contributed by atoms with Gasteiger partial charge in [0, 0.05) is 18.7 Å². The van der Waals surface area contributed by atoms with Crippen molar-refractivity contribution in [2.75, 3.05) is 13.7 Å². The Kier molecular flexibility index (Phi) is 12.2. The molecule has 140 valence electrons. The molecule has 1 aromatic heterocycles. The van der Waals surface area contributed by atoms with Gasteiger partial charge < -0.3 is 31.7 Å². The van der Waals surface area contributed by atoms with Crippen LogP contribution in [0.25, 0.3) is 10.8 Å². The summed E-state index contributed by atoms with van der Waals surface area (Å²) in [5.41, 5.74) is 1.15. The van der Waals surface area contributed by atoms with Crippen molar-refractivity contribution in [3.63, 3.8) is 0 Å². The van der Waals surface area contributed by atoms with E-state index in [-0.39, 0.29) is 65.4 Å². The quantitative estimate of drug-likeness (QED) is 0.436. The molecule has 3 rings (SSSR count). The van der Waals surface area contributed by atoms with E-state index in [4.69, 9.17) is 21.7 Å². The smallest absolute Gasteiger partial charge is 0.848 e. The number of aliphatic hydroxyl groups excluding tert-OH is 1. The van der Waals surface area contributed by atoms with Crippen LogP contribution < -0.4 is 56.5 Å². The molecule has 0 saturated carbocycles. The fourth-order valence-electron chi connectivity index (χ4n) is 2.83. The fraction of sp³-hybridized carbons (Fsp3) is 0.474. The molecule has 1 aliphatic heterocycles. The van der Waals surface area contributed by atoms with Crippen molar-refractivity contribution >= 4 is 23.0 Å². The summed E-state index contributed by atoms with van der Waals surface area (Å²) in [6.07, 6.45) is -2.10. The molecule has 1 aliphatic rings. The van der Waals surface area contributed by atoms with Gasteiger partial charge in [0.05, 0.1) is 18.8 Å². The van der Waals surface area contributed by atoms with Crippen LogP contribution in [-0.4, -0.2) is 41.7 Å². The molecule has 1 fully saturated rings. The molecule has 0 bridgehead atoms. The Morgan fingerprint density at radius 2 is 1.96 bits per heavy atom. The average Bonchev–Trinajstić information content (AvgIpc) is 2.86. The maximum Gasteiger partial charge on any atom is 1.00 e. The SMILES string of the molecule is CC.COCC1OC(n2ccc3cc(C)ccc3c2=S)C(O)C1[O-].[CH3-].[K+]. The van der Waals surface area contributed by atoms with Crippen LogP contribution in [0.1, 0.15) is 25.6 Å². The minimum absolute atomic E-state index is 0. The van der Waals surface area contributed by atoms with E-state index < -0.39 is 24.5 Å². The van der Waals surface area contributed by atoms with E-state index in [1.807, 2.05) is 45.0 Å². The van der Waals surface area contributed by atoms with Crippen LogP contribution in [0.3, 0.4) is 0 Å². The normalized spacial score (nSPS) is 24.2. The summed E-state index contributed by atoms with van der Waals surface area (Å²) < 4.78 is 12.8. The van der Waals surface area contributed by atoms with E-state index >= 15 is 0 Å². The van der Waals surface area contributed by atoms with E-state index in [0.717, 1.165) is 16.3 Å². The van der Waals surface area contributed by atoms with Crippen molar-refractivity contribution in [3.05, 3.63) is 48.1 Å². The number of aromatic nitrogens is 1. The molecule has 1 saturated heterocycles. The molecule has 7 heteroatoms. The van der Waals surface area contributed by atoms with Gasteiger partial charge in [-0.2, -0.15) is 0 Å². The topological polar surface area (TPSA) is 66.7 Å². The van der Waals surface area contributed by atoms with Crippen LogP contribution in [0.2, 0.25) is 0 Å². The summed E-state index contributed by atoms with van der Waals surface area (Å²) in [5.74, 6) is 0. The third-order valence-electron chi connectivity index (χ3n) is 4.00. The van der Waals surface area contributed by atoms with Crippen LogP contribution in [0.5, 0.6) is 0 Å². The Bertz CT molecular complexity index is 752. The largest absolute Gasteiger partial charge is 1.00 e. The predicted octanol–water partition coefficient (Wildman–Crippen LogP) is -0.207. The Labute approximate surface area is 203 Å². The molecule has 2 aromatic rings. The minimum Gasteiger partial charge on any atom is -0.848 e. The molecule has 1 aromatic carbocycles. The Morgan fingerprint density at radius 3 is 2.58 bits per heavy atom. The van der Waals surface area contributed by atoms with Gasteiger partial charge >= 0.3 is 51.4 Å². The number of nitrogens with zero attached hydrogens (tertiary/aromatic N) is 1. The van der Waals surface area contributed by atoms with Crippen LogP contribution in [0.4, 0.5) is 0 Å². The summed E-state index contributed by atoms with van der Waals surface area (Å²) in [4.78, 5) is 0. The van der Waals surface area contributed by atoms with Crippen molar-refractivity contribution in [2.24, 2.45) is 0 Å². The number of aliphatic hydroxyl groups is 1. The van der Waals surface area contributed by atoms with Gasteiger partial charge in [0.25, 0.3) is 0 Å². The monoisotopic (exact) mass is 404 g/mol. The molecule has 2 heterocycles. The Morgan fingerprint density at radius 1 is 1.31 bits per heavy atom. The number of methoxy groups -OCH3 is 1. The molecular formula is C19H27KNO4S-. The molecule has 1 N–H and O–H groups in total. The Balaban J connectivity index is 0.00000151. The zero-order valence-corrected chi connectivity index (χ0v) is 20.4. The number of benzene rings is 1. The van der Waals surface area contributed by atoms with Crippen molar-refractivity contribution in [1.82, 2.24) is 4.57 Å². The zero-order valence-electron chi connectivity index (χ0n) is 16.4. The molecule has 26 heavy (non-hydrogen) atoms. The first-order valence-corrected chi connectivity index (χ1v) is 8.53. The first-order chi connectivity index (χ1) is 11.5. The van der Waals surface area contributed by atoms with E-state index in [2.05, 4.69) is 0 Å². The average molecular weight is 405 g/mol. The first kappa shape index (κ1) is 26.3. The molecule has 4 unspecified atom stereocenters. The number of ether oxygens (including phenoxy) is 2. The standard InChI is InChI=1S/C16H18NO4S.C2H6.CH3.K/c1-9-3-4-11-10(7-9)5-6-17(16(11)22)15-14(19)13(18)12(21-15)8-20-2;1-2;;/h3-7,12-15,19H,8H2,1-2H3;1-2H3;1H3;/q-1;;-1;+1. The summed E-state index contributed by atoms with van der Waals surface area (Å²) in [7, 11) is 1.50. The van der Waals surface area contributed by atoms with E-state index in [0.29, 0.717) is 4.64 Å². The van der Waals surface area contributed by atoms with Crippen molar-refractivity contribution in [2.45, 2.75) is 45.3 Å². The number of aryl methyl sites for hydroxylation is 1. The van der Waals surface area contributed by atoms with Gasteiger partial charge in [-0.25, -0.2) is 0 Å². The van der Waals surface area contributed by atoms with Crippen LogP contribution in [0.15, 0.2) is 30.5 Å². The number of hydrogen-bond acceptors (Lipinski definition) is 5. The van der Waals surface area contributed by atoms with Gasteiger partial charge in [-0.3, -0.25) is 0 Å². The summed E-state index contributed by atoms with van der Waals surface area (Å²) in [6.45, 7) is 6.17. The van der Waals surface area contributed by atoms with Crippen LogP contribution >= 0.6 is 12.2 Å². The fourth-order valence-corrected chi connectivity index (χ4v) is 3.18. The predicted molar refractivity (Wildman–Crippen MR) is 101 cm³/mol. The number of hydrogen-bond donors (Lipinski definition) is 1. The Hall–Kier alpha value is 0.326.